The normalized spacial score (nSPS) is 12.1. The molecule has 0 radical (unpaired) electrons. The third-order valence-corrected chi connectivity index (χ3v) is 8.96. The van der Waals surface area contributed by atoms with Crippen LogP contribution in [0.15, 0.2) is 72.8 Å². The van der Waals surface area contributed by atoms with Crippen molar-refractivity contribution in [3.8, 4) is 16.9 Å². The summed E-state index contributed by atoms with van der Waals surface area (Å²) in [7, 11) is 0. The molecule has 0 fully saturated rings. The number of aryl methyl sites for hydroxylation is 1. The van der Waals surface area contributed by atoms with E-state index in [4.69, 9.17) is 9.47 Å². The highest BCUT2D eigenvalue weighted by Crippen LogP contribution is 2.29. The fourth-order valence-corrected chi connectivity index (χ4v) is 5.90. The van der Waals surface area contributed by atoms with E-state index in [-0.39, 0.29) is 17.7 Å². The second-order valence-corrected chi connectivity index (χ2v) is 13.1. The molecular formula is C42H55F3O4. The minimum Gasteiger partial charge on any atom is -0.449 e. The van der Waals surface area contributed by atoms with Crippen molar-refractivity contribution in [1.82, 2.24) is 0 Å². The summed E-state index contributed by atoms with van der Waals surface area (Å²) < 4.78 is 50.8. The molecule has 0 aliphatic carbocycles. The largest absolute Gasteiger partial charge is 0.449 e. The van der Waals surface area contributed by atoms with E-state index in [2.05, 4.69) is 38.1 Å². The van der Waals surface area contributed by atoms with Crippen LogP contribution in [-0.4, -0.2) is 24.2 Å². The van der Waals surface area contributed by atoms with E-state index in [1.54, 1.807) is 12.1 Å². The first-order valence-corrected chi connectivity index (χ1v) is 18.5. The van der Waals surface area contributed by atoms with Crippen LogP contribution in [0, 0.1) is 0 Å². The molecule has 0 spiro atoms. The minimum atomic E-state index is -4.64. The van der Waals surface area contributed by atoms with Crippen LogP contribution in [-0.2, 0) is 11.2 Å². The highest BCUT2D eigenvalue weighted by atomic mass is 19.4. The number of esters is 2. The molecule has 268 valence electrons. The summed E-state index contributed by atoms with van der Waals surface area (Å²) in [6.45, 7) is 4.33. The van der Waals surface area contributed by atoms with E-state index in [0.717, 1.165) is 43.2 Å². The van der Waals surface area contributed by atoms with Crippen molar-refractivity contribution in [1.29, 1.82) is 0 Å². The fourth-order valence-electron chi connectivity index (χ4n) is 5.90. The number of unbranched alkanes of at least 4 members (excludes halogenated alkanes) is 14. The van der Waals surface area contributed by atoms with E-state index in [1.807, 2.05) is 12.1 Å². The summed E-state index contributed by atoms with van der Waals surface area (Å²) >= 11 is 0. The summed E-state index contributed by atoms with van der Waals surface area (Å²) in [5.41, 5.74) is 3.69. The zero-order chi connectivity index (χ0) is 35.3. The van der Waals surface area contributed by atoms with Crippen LogP contribution in [0.25, 0.3) is 11.1 Å². The van der Waals surface area contributed by atoms with Crippen LogP contribution in [0.5, 0.6) is 5.75 Å². The molecule has 4 nitrogen and oxygen atoms in total. The molecule has 0 saturated carbocycles. The molecule has 1 unspecified atom stereocenters. The highest BCUT2D eigenvalue weighted by molar-refractivity contribution is 5.92. The SMILES string of the molecule is CCCCCCCCCCCCc1ccc(-c2ccc(C(=O)Oc3ccc(C(=O)OC(CCCCCCCC)C(F)(F)F)cc3)cc2)cc1. The summed E-state index contributed by atoms with van der Waals surface area (Å²) in [6.07, 6.45) is 12.3. The molecule has 3 aromatic rings. The third kappa shape index (κ3) is 15.2. The lowest BCUT2D eigenvalue weighted by molar-refractivity contribution is -0.206. The molecule has 0 aromatic heterocycles. The second-order valence-electron chi connectivity index (χ2n) is 13.1. The van der Waals surface area contributed by atoms with Crippen LogP contribution >= 0.6 is 0 Å². The minimum absolute atomic E-state index is 0.0455. The lowest BCUT2D eigenvalue weighted by Crippen LogP contribution is -2.33. The first-order valence-electron chi connectivity index (χ1n) is 18.5. The van der Waals surface area contributed by atoms with Crippen molar-refractivity contribution < 1.29 is 32.2 Å². The molecule has 3 aromatic carbocycles. The fraction of sp³-hybridized carbons (Fsp3) is 0.524. The molecule has 0 amide bonds. The standard InChI is InChI=1S/C42H55F3O4/c1-3-5-7-9-11-12-13-14-15-17-19-33-21-23-34(24-22-33)35-25-27-36(28-26-35)40(46)48-38-31-29-37(30-32-38)41(47)49-39(42(43,44)45)20-18-16-10-8-6-4-2/h21-32,39H,3-20H2,1-2H3. The molecule has 49 heavy (non-hydrogen) atoms. The highest BCUT2D eigenvalue weighted by Gasteiger charge is 2.42. The van der Waals surface area contributed by atoms with Crippen molar-refractivity contribution in [3.05, 3.63) is 89.5 Å². The van der Waals surface area contributed by atoms with Gasteiger partial charge in [-0.05, 0) is 78.8 Å². The Labute approximate surface area is 291 Å². The van der Waals surface area contributed by atoms with Gasteiger partial charge in [0.15, 0.2) is 6.10 Å². The molecule has 0 saturated heterocycles. The smallest absolute Gasteiger partial charge is 0.425 e. The summed E-state index contributed by atoms with van der Waals surface area (Å²) in [5, 5.41) is 0. The lowest BCUT2D eigenvalue weighted by atomic mass is 10.00. The van der Waals surface area contributed by atoms with Crippen LogP contribution in [0.2, 0.25) is 0 Å². The molecular weight excluding hydrogens is 625 g/mol. The number of carbonyl (C=O) groups is 2. The molecule has 0 N–H and O–H groups in total. The van der Waals surface area contributed by atoms with Gasteiger partial charge in [0.2, 0.25) is 0 Å². The van der Waals surface area contributed by atoms with Crippen molar-refractivity contribution >= 4 is 11.9 Å². The number of benzene rings is 3. The maximum absolute atomic E-state index is 13.5. The predicted octanol–water partition coefficient (Wildman–Crippen LogP) is 12.9. The quantitative estimate of drug-likeness (QED) is 0.0568. The first-order chi connectivity index (χ1) is 23.7. The van der Waals surface area contributed by atoms with Gasteiger partial charge >= 0.3 is 18.1 Å². The second kappa shape index (κ2) is 22.2. The van der Waals surface area contributed by atoms with Gasteiger partial charge in [0.25, 0.3) is 0 Å². The Morgan fingerprint density at radius 1 is 0.551 bits per heavy atom. The molecule has 1 atom stereocenters. The van der Waals surface area contributed by atoms with Gasteiger partial charge in [-0.3, -0.25) is 0 Å². The predicted molar refractivity (Wildman–Crippen MR) is 192 cm³/mol. The molecule has 0 aliphatic heterocycles. The number of hydrogen-bond acceptors (Lipinski definition) is 4. The number of ether oxygens (including phenoxy) is 2. The number of rotatable bonds is 23. The summed E-state index contributed by atoms with van der Waals surface area (Å²) in [6, 6.07) is 21.0. The summed E-state index contributed by atoms with van der Waals surface area (Å²) in [4.78, 5) is 25.3. The summed E-state index contributed by atoms with van der Waals surface area (Å²) in [5.74, 6) is -1.47. The van der Waals surface area contributed by atoms with Crippen LogP contribution in [0.3, 0.4) is 0 Å². The number of carbonyl (C=O) groups excluding carboxylic acids is 2. The Morgan fingerprint density at radius 3 is 1.49 bits per heavy atom. The van der Waals surface area contributed by atoms with Gasteiger partial charge in [0, 0.05) is 0 Å². The van der Waals surface area contributed by atoms with Gasteiger partial charge in [-0.2, -0.15) is 13.2 Å². The average molecular weight is 681 g/mol. The Balaban J connectivity index is 1.42. The Kier molecular flexibility index (Phi) is 18.0. The first kappa shape index (κ1) is 39.8. The Morgan fingerprint density at radius 2 is 0.980 bits per heavy atom. The van der Waals surface area contributed by atoms with Gasteiger partial charge in [0.1, 0.15) is 5.75 Å². The molecule has 7 heteroatoms. The van der Waals surface area contributed by atoms with Gasteiger partial charge in [0.05, 0.1) is 11.1 Å². The molecule has 0 aliphatic rings. The molecule has 3 rings (SSSR count). The zero-order valence-corrected chi connectivity index (χ0v) is 29.5. The van der Waals surface area contributed by atoms with E-state index < -0.39 is 24.2 Å². The topological polar surface area (TPSA) is 52.6 Å². The number of hydrogen-bond donors (Lipinski definition) is 0. The van der Waals surface area contributed by atoms with Gasteiger partial charge < -0.3 is 9.47 Å². The number of halogens is 3. The third-order valence-electron chi connectivity index (χ3n) is 8.96. The molecule has 0 heterocycles. The van der Waals surface area contributed by atoms with Crippen LogP contribution in [0.1, 0.15) is 149 Å². The van der Waals surface area contributed by atoms with E-state index in [0.29, 0.717) is 18.4 Å². The maximum atomic E-state index is 13.5. The monoisotopic (exact) mass is 680 g/mol. The van der Waals surface area contributed by atoms with E-state index >= 15 is 0 Å². The van der Waals surface area contributed by atoms with Crippen molar-refractivity contribution in [2.24, 2.45) is 0 Å². The Bertz CT molecular complexity index is 1350. The maximum Gasteiger partial charge on any atom is 0.425 e. The lowest BCUT2D eigenvalue weighted by Gasteiger charge is -2.20. The van der Waals surface area contributed by atoms with Crippen molar-refractivity contribution in [2.45, 2.75) is 142 Å². The van der Waals surface area contributed by atoms with Gasteiger partial charge in [-0.25, -0.2) is 9.59 Å². The van der Waals surface area contributed by atoms with Crippen LogP contribution in [0.4, 0.5) is 13.2 Å². The average Bonchev–Trinajstić information content (AvgIpc) is 3.10. The number of alkyl halides is 3. The van der Waals surface area contributed by atoms with Crippen LogP contribution < -0.4 is 4.74 Å². The Hall–Kier alpha value is -3.61. The van der Waals surface area contributed by atoms with Crippen molar-refractivity contribution in [2.75, 3.05) is 0 Å². The van der Waals surface area contributed by atoms with Gasteiger partial charge in [-0.1, -0.05) is 140 Å². The van der Waals surface area contributed by atoms with Crippen molar-refractivity contribution in [3.63, 3.8) is 0 Å². The zero-order valence-electron chi connectivity index (χ0n) is 29.5. The van der Waals surface area contributed by atoms with E-state index in [1.165, 1.54) is 94.0 Å². The van der Waals surface area contributed by atoms with Gasteiger partial charge in [-0.15, -0.1) is 0 Å². The van der Waals surface area contributed by atoms with E-state index in [9.17, 15) is 22.8 Å². The molecule has 0 bridgehead atoms.